The summed E-state index contributed by atoms with van der Waals surface area (Å²) in [6.45, 7) is 9.58. The highest BCUT2D eigenvalue weighted by Gasteiger charge is 2.30. The molecule has 0 aromatic heterocycles. The van der Waals surface area contributed by atoms with E-state index in [-0.39, 0.29) is 16.7 Å². The molecule has 6 heteroatoms. The summed E-state index contributed by atoms with van der Waals surface area (Å²) in [5.41, 5.74) is 1.09. The van der Waals surface area contributed by atoms with Crippen molar-refractivity contribution in [1.82, 2.24) is 9.62 Å². The van der Waals surface area contributed by atoms with Gasteiger partial charge in [0.25, 0.3) is 0 Å². The van der Waals surface area contributed by atoms with E-state index in [0.717, 1.165) is 37.9 Å². The third-order valence-corrected chi connectivity index (χ3v) is 6.32. The molecule has 1 amide bonds. The van der Waals surface area contributed by atoms with Crippen molar-refractivity contribution in [2.24, 2.45) is 5.92 Å². The van der Waals surface area contributed by atoms with Crippen LogP contribution >= 0.6 is 0 Å². The third-order valence-electron chi connectivity index (χ3n) is 4.83. The molecule has 1 aliphatic heterocycles. The van der Waals surface area contributed by atoms with Crippen LogP contribution in [0.15, 0.2) is 29.2 Å². The van der Waals surface area contributed by atoms with Crippen molar-refractivity contribution in [3.05, 3.63) is 29.8 Å². The lowest BCUT2D eigenvalue weighted by atomic mass is 10.0. The first kappa shape index (κ1) is 20.9. The van der Waals surface area contributed by atoms with Gasteiger partial charge in [0.15, 0.2) is 0 Å². The summed E-state index contributed by atoms with van der Waals surface area (Å²) in [6, 6.07) is 6.21. The quantitative estimate of drug-likeness (QED) is 0.787. The number of hydrogen-bond donors (Lipinski definition) is 1. The summed E-state index contributed by atoms with van der Waals surface area (Å²) in [6.07, 6.45) is 3.61. The molecule has 1 aromatic carbocycles. The average Bonchev–Trinajstić information content (AvgIpc) is 2.60. The number of likely N-dealkylation sites (tertiary alicyclic amines) is 1. The van der Waals surface area contributed by atoms with Gasteiger partial charge >= 0.3 is 0 Å². The van der Waals surface area contributed by atoms with Crippen molar-refractivity contribution >= 4 is 15.9 Å². The zero-order valence-corrected chi connectivity index (χ0v) is 17.2. The van der Waals surface area contributed by atoms with E-state index in [1.807, 2.05) is 26.0 Å². The van der Waals surface area contributed by atoms with Crippen LogP contribution in [0.1, 0.15) is 64.9 Å². The maximum Gasteiger partial charge on any atom is 0.241 e. The van der Waals surface area contributed by atoms with E-state index in [2.05, 4.69) is 18.6 Å². The number of rotatable bonds is 7. The molecule has 0 bridgehead atoms. The standard InChI is InChI=1S/C20H32N2O3S/c1-15(2)14-19(20(23)22-12-6-5-7-13-22)21-26(24,25)18-10-8-17(9-11-18)16(3)4/h8-11,15-16,19,21H,5-7,12-14H2,1-4H3/t19-/m1/s1. The Morgan fingerprint density at radius 1 is 1.04 bits per heavy atom. The molecular weight excluding hydrogens is 348 g/mol. The summed E-state index contributed by atoms with van der Waals surface area (Å²) < 4.78 is 28.3. The van der Waals surface area contributed by atoms with Crippen molar-refractivity contribution in [1.29, 1.82) is 0 Å². The number of piperidine rings is 1. The SMILES string of the molecule is CC(C)C[C@@H](NS(=O)(=O)c1ccc(C(C)C)cc1)C(=O)N1CCCCC1. The van der Waals surface area contributed by atoms with Crippen molar-refractivity contribution in [3.63, 3.8) is 0 Å². The minimum absolute atomic E-state index is 0.0965. The lowest BCUT2D eigenvalue weighted by Gasteiger charge is -2.31. The molecule has 0 unspecified atom stereocenters. The molecule has 5 nitrogen and oxygen atoms in total. The monoisotopic (exact) mass is 380 g/mol. The number of nitrogens with zero attached hydrogens (tertiary/aromatic N) is 1. The van der Waals surface area contributed by atoms with Gasteiger partial charge in [0, 0.05) is 13.1 Å². The van der Waals surface area contributed by atoms with Crippen molar-refractivity contribution in [2.45, 2.75) is 70.2 Å². The molecule has 1 heterocycles. The summed E-state index contributed by atoms with van der Waals surface area (Å²) in [4.78, 5) is 14.9. The molecular formula is C20H32N2O3S. The van der Waals surface area contributed by atoms with Gasteiger partial charge in [-0.05, 0) is 55.2 Å². The average molecular weight is 381 g/mol. The van der Waals surface area contributed by atoms with Crippen LogP contribution in [0, 0.1) is 5.92 Å². The molecule has 1 aliphatic rings. The third kappa shape index (κ3) is 5.55. The molecule has 0 aliphatic carbocycles. The van der Waals surface area contributed by atoms with Gasteiger partial charge in [-0.3, -0.25) is 4.79 Å². The number of carbonyl (C=O) groups is 1. The second-order valence-corrected chi connectivity index (χ2v) is 9.63. The van der Waals surface area contributed by atoms with Crippen LogP contribution in [0.3, 0.4) is 0 Å². The van der Waals surface area contributed by atoms with Gasteiger partial charge in [0.2, 0.25) is 15.9 Å². The first-order valence-electron chi connectivity index (χ1n) is 9.62. The van der Waals surface area contributed by atoms with Crippen LogP contribution in [0.2, 0.25) is 0 Å². The summed E-state index contributed by atoms with van der Waals surface area (Å²) in [5.74, 6) is 0.467. The van der Waals surface area contributed by atoms with Gasteiger partial charge < -0.3 is 4.90 Å². The minimum Gasteiger partial charge on any atom is -0.341 e. The lowest BCUT2D eigenvalue weighted by molar-refractivity contribution is -0.134. The van der Waals surface area contributed by atoms with E-state index < -0.39 is 16.1 Å². The van der Waals surface area contributed by atoms with Crippen LogP contribution < -0.4 is 4.72 Å². The Morgan fingerprint density at radius 3 is 2.12 bits per heavy atom. The molecule has 146 valence electrons. The zero-order chi connectivity index (χ0) is 19.3. The molecule has 1 N–H and O–H groups in total. The Kier molecular flexibility index (Phi) is 7.24. The van der Waals surface area contributed by atoms with Gasteiger partial charge in [0.1, 0.15) is 6.04 Å². The summed E-state index contributed by atoms with van der Waals surface area (Å²) in [7, 11) is -3.73. The minimum atomic E-state index is -3.73. The molecule has 1 atom stereocenters. The van der Waals surface area contributed by atoms with Crippen molar-refractivity contribution in [2.75, 3.05) is 13.1 Å². The van der Waals surface area contributed by atoms with E-state index in [4.69, 9.17) is 0 Å². The fraction of sp³-hybridized carbons (Fsp3) is 0.650. The van der Waals surface area contributed by atoms with E-state index in [0.29, 0.717) is 12.3 Å². The van der Waals surface area contributed by atoms with Crippen LogP contribution in [-0.4, -0.2) is 38.4 Å². The van der Waals surface area contributed by atoms with Gasteiger partial charge in [0.05, 0.1) is 4.90 Å². The Balaban J connectivity index is 2.18. The van der Waals surface area contributed by atoms with E-state index >= 15 is 0 Å². The van der Waals surface area contributed by atoms with Gasteiger partial charge in [-0.1, -0.05) is 39.8 Å². The van der Waals surface area contributed by atoms with Gasteiger partial charge in [-0.25, -0.2) is 8.42 Å². The number of sulfonamides is 1. The molecule has 0 saturated carbocycles. The summed E-state index contributed by atoms with van der Waals surface area (Å²) >= 11 is 0. The smallest absolute Gasteiger partial charge is 0.241 e. The van der Waals surface area contributed by atoms with Crippen LogP contribution in [0.25, 0.3) is 0 Å². The van der Waals surface area contributed by atoms with E-state index in [1.54, 1.807) is 17.0 Å². The number of carbonyl (C=O) groups excluding carboxylic acids is 1. The Labute approximate surface area is 158 Å². The van der Waals surface area contributed by atoms with Crippen molar-refractivity contribution in [3.8, 4) is 0 Å². The molecule has 0 radical (unpaired) electrons. The first-order valence-corrected chi connectivity index (χ1v) is 11.1. The highest BCUT2D eigenvalue weighted by atomic mass is 32.2. The molecule has 0 spiro atoms. The van der Waals surface area contributed by atoms with Crippen LogP contribution in [0.4, 0.5) is 0 Å². The molecule has 2 rings (SSSR count). The Morgan fingerprint density at radius 2 is 1.62 bits per heavy atom. The zero-order valence-electron chi connectivity index (χ0n) is 16.4. The van der Waals surface area contributed by atoms with Crippen molar-refractivity contribution < 1.29 is 13.2 Å². The van der Waals surface area contributed by atoms with Crippen LogP contribution in [-0.2, 0) is 14.8 Å². The molecule has 1 fully saturated rings. The number of benzene rings is 1. The number of nitrogens with one attached hydrogen (secondary N) is 1. The fourth-order valence-corrected chi connectivity index (χ4v) is 4.49. The fourth-order valence-electron chi connectivity index (χ4n) is 3.29. The van der Waals surface area contributed by atoms with Gasteiger partial charge in [-0.2, -0.15) is 4.72 Å². The number of hydrogen-bond acceptors (Lipinski definition) is 3. The lowest BCUT2D eigenvalue weighted by Crippen LogP contribution is -2.50. The molecule has 26 heavy (non-hydrogen) atoms. The Bertz CT molecular complexity index is 690. The molecule has 1 saturated heterocycles. The largest absolute Gasteiger partial charge is 0.341 e. The highest BCUT2D eigenvalue weighted by Crippen LogP contribution is 2.19. The predicted octanol–water partition coefficient (Wildman–Crippen LogP) is 3.52. The number of amides is 1. The van der Waals surface area contributed by atoms with E-state index in [9.17, 15) is 13.2 Å². The van der Waals surface area contributed by atoms with E-state index in [1.165, 1.54) is 0 Å². The topological polar surface area (TPSA) is 66.5 Å². The van der Waals surface area contributed by atoms with Crippen LogP contribution in [0.5, 0.6) is 0 Å². The normalized spacial score (nSPS) is 16.9. The maximum atomic E-state index is 12.9. The van der Waals surface area contributed by atoms with Gasteiger partial charge in [-0.15, -0.1) is 0 Å². The predicted molar refractivity (Wildman–Crippen MR) is 105 cm³/mol. The second kappa shape index (κ2) is 9.00. The second-order valence-electron chi connectivity index (χ2n) is 7.91. The maximum absolute atomic E-state index is 12.9. The molecule has 1 aromatic rings. The first-order chi connectivity index (χ1) is 12.2. The summed E-state index contributed by atoms with van der Waals surface area (Å²) in [5, 5.41) is 0. The Hall–Kier alpha value is -1.40. The highest BCUT2D eigenvalue weighted by molar-refractivity contribution is 7.89.